The maximum atomic E-state index is 12.6. The van der Waals surface area contributed by atoms with Gasteiger partial charge in [0.1, 0.15) is 5.60 Å². The van der Waals surface area contributed by atoms with Crippen LogP contribution in [-0.4, -0.2) is 41.8 Å². The highest BCUT2D eigenvalue weighted by Crippen LogP contribution is 2.56. The lowest BCUT2D eigenvalue weighted by molar-refractivity contribution is -0.0559. The van der Waals surface area contributed by atoms with Crippen molar-refractivity contribution in [2.24, 2.45) is 11.8 Å². The Morgan fingerprint density at radius 1 is 1.25 bits per heavy atom. The molecule has 114 valence electrons. The van der Waals surface area contributed by atoms with Gasteiger partial charge in [-0.05, 0) is 71.3 Å². The summed E-state index contributed by atoms with van der Waals surface area (Å²) in [5, 5.41) is 3.52. The molecule has 4 nitrogen and oxygen atoms in total. The van der Waals surface area contributed by atoms with Crippen LogP contribution >= 0.6 is 0 Å². The minimum atomic E-state index is -0.398. The number of piperidine rings is 1. The van der Waals surface area contributed by atoms with Crippen molar-refractivity contribution in [1.29, 1.82) is 0 Å². The first-order chi connectivity index (χ1) is 9.43. The van der Waals surface area contributed by atoms with Gasteiger partial charge >= 0.3 is 6.09 Å². The third kappa shape index (κ3) is 2.22. The number of hydrogen-bond donors (Lipinski definition) is 1. The molecule has 1 saturated carbocycles. The SMILES string of the molecule is CC(C)(C)OC(=O)N1CCC2CCC21C1CCCNC1. The molecule has 1 N–H and O–H groups in total. The van der Waals surface area contributed by atoms with Gasteiger partial charge in [0.05, 0.1) is 5.54 Å². The largest absolute Gasteiger partial charge is 0.444 e. The molecular weight excluding hydrogens is 252 g/mol. The van der Waals surface area contributed by atoms with Crippen LogP contribution in [0.2, 0.25) is 0 Å². The Labute approximate surface area is 122 Å². The van der Waals surface area contributed by atoms with Crippen molar-refractivity contribution < 1.29 is 9.53 Å². The maximum Gasteiger partial charge on any atom is 0.410 e. The van der Waals surface area contributed by atoms with Gasteiger partial charge in [0.25, 0.3) is 0 Å². The normalized spacial score (nSPS) is 37.2. The molecule has 2 saturated heterocycles. The van der Waals surface area contributed by atoms with Crippen LogP contribution in [0.25, 0.3) is 0 Å². The molecule has 3 rings (SSSR count). The van der Waals surface area contributed by atoms with Gasteiger partial charge in [-0.1, -0.05) is 0 Å². The molecule has 1 aliphatic carbocycles. The summed E-state index contributed by atoms with van der Waals surface area (Å²) in [5.41, 5.74) is -0.291. The predicted octanol–water partition coefficient (Wildman–Crippen LogP) is 2.78. The van der Waals surface area contributed by atoms with Crippen LogP contribution < -0.4 is 5.32 Å². The molecule has 0 bridgehead atoms. The third-order valence-corrected chi connectivity index (χ3v) is 5.42. The van der Waals surface area contributed by atoms with Crippen molar-refractivity contribution in [3.63, 3.8) is 0 Å². The Bertz CT molecular complexity index is 384. The van der Waals surface area contributed by atoms with E-state index in [9.17, 15) is 4.79 Å². The summed E-state index contributed by atoms with van der Waals surface area (Å²) in [6.07, 6.45) is 6.02. The Kier molecular flexibility index (Phi) is 3.47. The molecule has 0 spiro atoms. The average Bonchev–Trinajstić information content (AvgIpc) is 2.61. The first kappa shape index (κ1) is 14.2. The summed E-state index contributed by atoms with van der Waals surface area (Å²) in [6.45, 7) is 8.94. The van der Waals surface area contributed by atoms with Crippen LogP contribution in [0.3, 0.4) is 0 Å². The van der Waals surface area contributed by atoms with E-state index in [0.29, 0.717) is 11.8 Å². The average molecular weight is 280 g/mol. The van der Waals surface area contributed by atoms with Crippen LogP contribution in [0, 0.1) is 11.8 Å². The van der Waals surface area contributed by atoms with E-state index in [-0.39, 0.29) is 11.6 Å². The van der Waals surface area contributed by atoms with Crippen molar-refractivity contribution in [3.8, 4) is 0 Å². The molecule has 0 aromatic carbocycles. The summed E-state index contributed by atoms with van der Waals surface area (Å²) in [7, 11) is 0. The molecule has 3 unspecified atom stereocenters. The highest BCUT2D eigenvalue weighted by molar-refractivity contribution is 5.70. The van der Waals surface area contributed by atoms with Gasteiger partial charge in [0.15, 0.2) is 0 Å². The van der Waals surface area contributed by atoms with Crippen molar-refractivity contribution >= 4 is 6.09 Å². The number of carbonyl (C=O) groups is 1. The molecule has 0 aromatic rings. The molecule has 3 aliphatic rings. The van der Waals surface area contributed by atoms with Crippen molar-refractivity contribution in [2.45, 2.75) is 64.0 Å². The van der Waals surface area contributed by atoms with E-state index in [0.717, 1.165) is 26.1 Å². The highest BCUT2D eigenvalue weighted by atomic mass is 16.6. The van der Waals surface area contributed by atoms with Gasteiger partial charge in [-0.15, -0.1) is 0 Å². The summed E-state index contributed by atoms with van der Waals surface area (Å²) >= 11 is 0. The minimum Gasteiger partial charge on any atom is -0.444 e. The molecule has 2 heterocycles. The topological polar surface area (TPSA) is 41.6 Å². The summed E-state index contributed by atoms with van der Waals surface area (Å²) in [5.74, 6) is 1.32. The summed E-state index contributed by atoms with van der Waals surface area (Å²) < 4.78 is 5.66. The maximum absolute atomic E-state index is 12.6. The number of hydrogen-bond acceptors (Lipinski definition) is 3. The number of likely N-dealkylation sites (tertiary alicyclic amines) is 1. The zero-order valence-electron chi connectivity index (χ0n) is 13.1. The number of amides is 1. The van der Waals surface area contributed by atoms with Gasteiger partial charge in [-0.2, -0.15) is 0 Å². The summed E-state index contributed by atoms with van der Waals surface area (Å²) in [4.78, 5) is 14.7. The van der Waals surface area contributed by atoms with E-state index >= 15 is 0 Å². The Morgan fingerprint density at radius 3 is 2.60 bits per heavy atom. The third-order valence-electron chi connectivity index (χ3n) is 5.42. The molecule has 0 radical (unpaired) electrons. The monoisotopic (exact) mass is 280 g/mol. The van der Waals surface area contributed by atoms with Crippen LogP contribution in [0.4, 0.5) is 4.79 Å². The van der Waals surface area contributed by atoms with E-state index in [4.69, 9.17) is 4.74 Å². The molecule has 4 heteroatoms. The predicted molar refractivity (Wildman–Crippen MR) is 78.6 cm³/mol. The second-order valence-corrected chi connectivity index (χ2v) is 7.69. The standard InChI is InChI=1S/C16H28N2O2/c1-15(2,3)20-14(19)18-10-7-12-6-8-16(12,18)13-5-4-9-17-11-13/h12-13,17H,4-11H2,1-3H3. The number of nitrogens with one attached hydrogen (secondary N) is 1. The Morgan fingerprint density at radius 2 is 2.05 bits per heavy atom. The van der Waals surface area contributed by atoms with E-state index in [1.165, 1.54) is 25.7 Å². The number of carbonyl (C=O) groups excluding carboxylic acids is 1. The van der Waals surface area contributed by atoms with E-state index in [1.807, 2.05) is 20.8 Å². The van der Waals surface area contributed by atoms with Gasteiger partial charge in [-0.25, -0.2) is 4.79 Å². The van der Waals surface area contributed by atoms with Crippen LogP contribution in [0.15, 0.2) is 0 Å². The van der Waals surface area contributed by atoms with Gasteiger partial charge in [-0.3, -0.25) is 0 Å². The number of nitrogens with zero attached hydrogens (tertiary/aromatic N) is 1. The zero-order valence-corrected chi connectivity index (χ0v) is 13.1. The van der Waals surface area contributed by atoms with E-state index in [2.05, 4.69) is 10.2 Å². The van der Waals surface area contributed by atoms with Crippen molar-refractivity contribution in [3.05, 3.63) is 0 Å². The number of ether oxygens (including phenoxy) is 1. The smallest absolute Gasteiger partial charge is 0.410 e. The lowest BCUT2D eigenvalue weighted by atomic mass is 9.59. The first-order valence-electron chi connectivity index (χ1n) is 8.15. The lowest BCUT2D eigenvalue weighted by Crippen LogP contribution is -2.64. The van der Waals surface area contributed by atoms with Crippen LogP contribution in [0.1, 0.15) is 52.9 Å². The van der Waals surface area contributed by atoms with E-state index < -0.39 is 5.60 Å². The molecule has 1 amide bonds. The molecule has 2 aliphatic heterocycles. The Balaban J connectivity index is 1.78. The molecule has 0 aromatic heterocycles. The lowest BCUT2D eigenvalue weighted by Gasteiger charge is -2.55. The minimum absolute atomic E-state index is 0.0923. The molecule has 20 heavy (non-hydrogen) atoms. The van der Waals surface area contributed by atoms with Crippen LogP contribution in [0.5, 0.6) is 0 Å². The fraction of sp³-hybridized carbons (Fsp3) is 0.938. The van der Waals surface area contributed by atoms with Crippen molar-refractivity contribution in [2.75, 3.05) is 19.6 Å². The molecule has 3 fully saturated rings. The zero-order chi connectivity index (χ0) is 14.4. The van der Waals surface area contributed by atoms with Crippen molar-refractivity contribution in [1.82, 2.24) is 10.2 Å². The van der Waals surface area contributed by atoms with Gasteiger partial charge in [0, 0.05) is 13.1 Å². The van der Waals surface area contributed by atoms with Crippen LogP contribution in [-0.2, 0) is 4.74 Å². The van der Waals surface area contributed by atoms with Gasteiger partial charge in [0.2, 0.25) is 0 Å². The van der Waals surface area contributed by atoms with Gasteiger partial charge < -0.3 is 15.0 Å². The summed E-state index contributed by atoms with van der Waals surface area (Å²) in [6, 6.07) is 0. The molecular formula is C16H28N2O2. The second-order valence-electron chi connectivity index (χ2n) is 7.69. The second kappa shape index (κ2) is 4.90. The molecule has 3 atom stereocenters. The highest BCUT2D eigenvalue weighted by Gasteiger charge is 2.60. The fourth-order valence-electron chi connectivity index (χ4n) is 4.50. The first-order valence-corrected chi connectivity index (χ1v) is 8.15. The Hall–Kier alpha value is -0.770. The number of fused-ring (bicyclic) bond motifs is 1. The van der Waals surface area contributed by atoms with E-state index in [1.54, 1.807) is 0 Å². The quantitative estimate of drug-likeness (QED) is 0.803. The fourth-order valence-corrected chi connectivity index (χ4v) is 4.50. The number of rotatable bonds is 1.